The molecule has 0 unspecified atom stereocenters. The largest absolute Gasteiger partial charge is 0.486 e. The number of likely N-dealkylation sites (tertiary alicyclic amines) is 1. The number of hydrogen-bond acceptors (Lipinski definition) is 9. The van der Waals surface area contributed by atoms with Gasteiger partial charge in [-0.2, -0.15) is 4.98 Å². The summed E-state index contributed by atoms with van der Waals surface area (Å²) in [6.07, 6.45) is 6.67. The van der Waals surface area contributed by atoms with Gasteiger partial charge in [0.25, 0.3) is 10.0 Å². The molecule has 3 heterocycles. The van der Waals surface area contributed by atoms with Crippen LogP contribution in [0.15, 0.2) is 96.2 Å². The van der Waals surface area contributed by atoms with Crippen molar-refractivity contribution in [1.82, 2.24) is 24.8 Å². The minimum Gasteiger partial charge on any atom is -0.486 e. The zero-order chi connectivity index (χ0) is 35.1. The molecular formula is C38H40N6O5S. The predicted octanol–water partition coefficient (Wildman–Crippen LogP) is 6.76. The van der Waals surface area contributed by atoms with Gasteiger partial charge in [-0.1, -0.05) is 67.1 Å². The number of benzene rings is 3. The van der Waals surface area contributed by atoms with E-state index in [4.69, 9.17) is 9.47 Å². The van der Waals surface area contributed by atoms with Gasteiger partial charge in [-0.25, -0.2) is 28.1 Å². The van der Waals surface area contributed by atoms with E-state index in [1.807, 2.05) is 75.4 Å². The van der Waals surface area contributed by atoms with Crippen LogP contribution in [0.1, 0.15) is 59.8 Å². The number of hydrogen-bond donors (Lipinski definition) is 1. The molecule has 0 bridgehead atoms. The molecule has 0 saturated carbocycles. The predicted molar refractivity (Wildman–Crippen MR) is 190 cm³/mol. The van der Waals surface area contributed by atoms with Crippen molar-refractivity contribution >= 4 is 22.4 Å². The van der Waals surface area contributed by atoms with Gasteiger partial charge in [-0.3, -0.25) is 4.79 Å². The molecule has 1 amide bonds. The fourth-order valence-electron chi connectivity index (χ4n) is 6.14. The molecule has 0 spiro atoms. The summed E-state index contributed by atoms with van der Waals surface area (Å²) in [7, 11) is -4.00. The van der Waals surface area contributed by atoms with Gasteiger partial charge in [0.2, 0.25) is 18.2 Å². The van der Waals surface area contributed by atoms with Gasteiger partial charge in [0.1, 0.15) is 12.7 Å². The molecule has 258 valence electrons. The second kappa shape index (κ2) is 15.5. The average Bonchev–Trinajstić information content (AvgIpc) is 3.09. The third kappa shape index (κ3) is 8.43. The fraction of sp³-hybridized carbons (Fsp3) is 0.289. The van der Waals surface area contributed by atoms with E-state index in [9.17, 15) is 13.2 Å². The van der Waals surface area contributed by atoms with Gasteiger partial charge in [0.05, 0.1) is 35.6 Å². The van der Waals surface area contributed by atoms with Crippen molar-refractivity contribution in [3.05, 3.63) is 119 Å². The van der Waals surface area contributed by atoms with Crippen LogP contribution < -0.4 is 14.2 Å². The lowest BCUT2D eigenvalue weighted by molar-refractivity contribution is -0.122. The van der Waals surface area contributed by atoms with E-state index in [1.165, 1.54) is 6.07 Å². The lowest BCUT2D eigenvalue weighted by Gasteiger charge is -2.33. The third-order valence-electron chi connectivity index (χ3n) is 8.65. The highest BCUT2D eigenvalue weighted by Crippen LogP contribution is 2.32. The Morgan fingerprint density at radius 1 is 0.880 bits per heavy atom. The van der Waals surface area contributed by atoms with Crippen molar-refractivity contribution in [2.24, 2.45) is 0 Å². The van der Waals surface area contributed by atoms with E-state index in [0.717, 1.165) is 47.1 Å². The first kappa shape index (κ1) is 34.5. The third-order valence-corrected chi connectivity index (χ3v) is 9.98. The average molecular weight is 693 g/mol. The molecule has 3 aromatic carbocycles. The van der Waals surface area contributed by atoms with E-state index in [0.29, 0.717) is 36.7 Å². The molecule has 50 heavy (non-hydrogen) atoms. The van der Waals surface area contributed by atoms with E-state index >= 15 is 0 Å². The van der Waals surface area contributed by atoms with Crippen molar-refractivity contribution < 1.29 is 22.7 Å². The minimum atomic E-state index is -4.00. The number of carbonyl (C=O) groups is 1. The first-order chi connectivity index (χ1) is 24.2. The van der Waals surface area contributed by atoms with E-state index in [2.05, 4.69) is 24.7 Å². The van der Waals surface area contributed by atoms with Crippen LogP contribution in [0.3, 0.4) is 0 Å². The summed E-state index contributed by atoms with van der Waals surface area (Å²) in [5, 5.41) is 0. The van der Waals surface area contributed by atoms with Crippen LogP contribution in [-0.4, -0.2) is 52.3 Å². The van der Waals surface area contributed by atoms with E-state index in [1.54, 1.807) is 35.5 Å². The zero-order valence-electron chi connectivity index (χ0n) is 28.3. The maximum atomic E-state index is 13.4. The Hall–Kier alpha value is -5.36. The van der Waals surface area contributed by atoms with Crippen LogP contribution in [0.2, 0.25) is 0 Å². The maximum Gasteiger partial charge on any atom is 0.264 e. The number of anilines is 1. The minimum absolute atomic E-state index is 0.103. The van der Waals surface area contributed by atoms with Crippen molar-refractivity contribution in [3.8, 4) is 22.9 Å². The van der Waals surface area contributed by atoms with Crippen molar-refractivity contribution in [1.29, 1.82) is 0 Å². The SMILES string of the molecule is Cc1cccc(S(=O)(=O)Nc2nc(O[C@@H]3CCCC[C@H](c4ncc(OCc5ccccc5)cn4)N(C=O)C3)cc(-c3c(C)cccc3C)n2)c1. The van der Waals surface area contributed by atoms with Gasteiger partial charge < -0.3 is 14.4 Å². The Morgan fingerprint density at radius 2 is 1.60 bits per heavy atom. The molecule has 0 aliphatic carbocycles. The second-order valence-electron chi connectivity index (χ2n) is 12.5. The normalized spacial score (nSPS) is 16.6. The molecule has 1 aliphatic rings. The zero-order valence-corrected chi connectivity index (χ0v) is 29.1. The molecule has 0 radical (unpaired) electrons. The summed E-state index contributed by atoms with van der Waals surface area (Å²) in [4.78, 5) is 32.5. The highest BCUT2D eigenvalue weighted by Gasteiger charge is 2.28. The monoisotopic (exact) mass is 692 g/mol. The first-order valence-electron chi connectivity index (χ1n) is 16.6. The Kier molecular flexibility index (Phi) is 10.7. The number of rotatable bonds is 11. The second-order valence-corrected chi connectivity index (χ2v) is 14.2. The maximum absolute atomic E-state index is 13.4. The summed E-state index contributed by atoms with van der Waals surface area (Å²) in [5.74, 6) is 1.15. The van der Waals surface area contributed by atoms with E-state index < -0.39 is 16.1 Å². The Balaban J connectivity index is 1.24. The number of aromatic nitrogens is 4. The van der Waals surface area contributed by atoms with Crippen molar-refractivity contribution in [3.63, 3.8) is 0 Å². The summed E-state index contributed by atoms with van der Waals surface area (Å²) in [5.41, 5.74) is 5.17. The van der Waals surface area contributed by atoms with Crippen molar-refractivity contribution in [2.45, 2.75) is 70.1 Å². The molecule has 1 aliphatic heterocycles. The lowest BCUT2D eigenvalue weighted by atomic mass is 9.99. The number of carbonyl (C=O) groups excluding carboxylic acids is 1. The van der Waals surface area contributed by atoms with Crippen LogP contribution in [-0.2, 0) is 21.4 Å². The smallest absolute Gasteiger partial charge is 0.264 e. The molecule has 1 N–H and O–H groups in total. The summed E-state index contributed by atoms with van der Waals surface area (Å²) >= 11 is 0. The number of nitrogens with one attached hydrogen (secondary N) is 1. The van der Waals surface area contributed by atoms with Crippen LogP contribution in [0.5, 0.6) is 11.6 Å². The number of ether oxygens (including phenoxy) is 2. The summed E-state index contributed by atoms with van der Waals surface area (Å²) in [6.45, 7) is 6.44. The highest BCUT2D eigenvalue weighted by atomic mass is 32.2. The summed E-state index contributed by atoms with van der Waals surface area (Å²) in [6, 6.07) is 23.7. The van der Waals surface area contributed by atoms with Gasteiger partial charge in [-0.15, -0.1) is 0 Å². The summed E-state index contributed by atoms with van der Waals surface area (Å²) < 4.78 is 41.7. The number of nitrogens with zero attached hydrogens (tertiary/aromatic N) is 5. The topological polar surface area (TPSA) is 136 Å². The van der Waals surface area contributed by atoms with Crippen LogP contribution in [0.4, 0.5) is 5.95 Å². The van der Waals surface area contributed by atoms with Crippen LogP contribution in [0, 0.1) is 20.8 Å². The van der Waals surface area contributed by atoms with Gasteiger partial charge in [0, 0.05) is 11.6 Å². The first-order valence-corrected chi connectivity index (χ1v) is 18.1. The Bertz CT molecular complexity index is 2020. The van der Waals surface area contributed by atoms with Gasteiger partial charge in [0.15, 0.2) is 11.6 Å². The molecule has 1 fully saturated rings. The van der Waals surface area contributed by atoms with Crippen molar-refractivity contribution in [2.75, 3.05) is 11.3 Å². The quantitative estimate of drug-likeness (QED) is 0.149. The molecule has 5 aromatic rings. The molecule has 6 rings (SSSR count). The number of aryl methyl sites for hydroxylation is 3. The number of sulfonamides is 1. The van der Waals surface area contributed by atoms with Crippen LogP contribution in [0.25, 0.3) is 11.3 Å². The van der Waals surface area contributed by atoms with E-state index in [-0.39, 0.29) is 29.3 Å². The Morgan fingerprint density at radius 3 is 2.32 bits per heavy atom. The standard InChI is InChI=1S/C38H40N6O5S/c1-26-11-9-17-32(19-26)50(46,47)43-38-41-33(36-27(2)12-10-13-28(36)3)20-35(42-38)49-30-16-7-8-18-34(44(23-30)25-45)37-39-21-31(22-40-37)48-24-29-14-5-4-6-15-29/h4-6,9-15,17,19-22,25,30,34H,7-8,16,18,23-24H2,1-3H3,(H,41,42,43)/t30-,34-/m1/s1. The highest BCUT2D eigenvalue weighted by molar-refractivity contribution is 7.92. The molecule has 2 atom stereocenters. The van der Waals surface area contributed by atoms with Crippen LogP contribution >= 0.6 is 0 Å². The van der Waals surface area contributed by atoms with Gasteiger partial charge >= 0.3 is 0 Å². The fourth-order valence-corrected chi connectivity index (χ4v) is 7.19. The number of amides is 1. The van der Waals surface area contributed by atoms with Gasteiger partial charge in [-0.05, 0) is 74.4 Å². The Labute approximate surface area is 292 Å². The molecular weight excluding hydrogens is 653 g/mol. The molecule has 11 nitrogen and oxygen atoms in total. The lowest BCUT2D eigenvalue weighted by Crippen LogP contribution is -2.39. The molecule has 1 saturated heterocycles. The molecule has 2 aromatic heterocycles. The molecule has 12 heteroatoms.